The lowest BCUT2D eigenvalue weighted by molar-refractivity contribution is 0.482. The second-order valence-electron chi connectivity index (χ2n) is 5.33. The van der Waals surface area contributed by atoms with Gasteiger partial charge in [0, 0.05) is 30.8 Å². The Morgan fingerprint density at radius 2 is 1.62 bits per heavy atom. The minimum atomic E-state index is -0.0246. The van der Waals surface area contributed by atoms with E-state index in [9.17, 15) is 9.90 Å². The zero-order chi connectivity index (χ0) is 14.6. The van der Waals surface area contributed by atoms with Crippen molar-refractivity contribution in [1.29, 1.82) is 0 Å². The first-order chi connectivity index (χ1) is 10.1. The molecule has 4 aromatic rings. The summed E-state index contributed by atoms with van der Waals surface area (Å²) < 4.78 is 1.85. The molecule has 0 aliphatic rings. The van der Waals surface area contributed by atoms with Gasteiger partial charge in [-0.25, -0.2) is 0 Å². The van der Waals surface area contributed by atoms with Crippen LogP contribution in [0.4, 0.5) is 0 Å². The van der Waals surface area contributed by atoms with E-state index >= 15 is 0 Å². The third-order valence-corrected chi connectivity index (χ3v) is 4.04. The summed E-state index contributed by atoms with van der Waals surface area (Å²) >= 11 is 0. The predicted octanol–water partition coefficient (Wildman–Crippen LogP) is 3.55. The Bertz CT molecular complexity index is 1080. The number of pyridine rings is 1. The van der Waals surface area contributed by atoms with Gasteiger partial charge in [0.05, 0.1) is 10.9 Å². The number of aromatic hydroxyl groups is 1. The van der Waals surface area contributed by atoms with Crippen LogP contribution in [0.1, 0.15) is 0 Å². The highest BCUT2D eigenvalue weighted by Crippen LogP contribution is 2.33. The highest BCUT2D eigenvalue weighted by atomic mass is 16.3. The molecule has 1 aromatic heterocycles. The average molecular weight is 275 g/mol. The largest absolute Gasteiger partial charge is 0.507 e. The Kier molecular flexibility index (Phi) is 2.33. The maximum Gasteiger partial charge on any atom is 0.190 e. The molecule has 102 valence electrons. The number of phenolic OH excluding ortho intramolecular Hbond substituents is 1. The monoisotopic (exact) mass is 275 g/mol. The SMILES string of the molecule is Cn1ccc(=O)c2c3cc4ccccc4cc3c(O)cc21. The highest BCUT2D eigenvalue weighted by molar-refractivity contribution is 6.13. The molecule has 4 rings (SSSR count). The van der Waals surface area contributed by atoms with Gasteiger partial charge in [-0.15, -0.1) is 0 Å². The van der Waals surface area contributed by atoms with Crippen LogP contribution >= 0.6 is 0 Å². The highest BCUT2D eigenvalue weighted by Gasteiger charge is 2.11. The molecule has 0 radical (unpaired) electrons. The fraction of sp³-hybridized carbons (Fsp3) is 0.0556. The molecule has 0 spiro atoms. The fourth-order valence-corrected chi connectivity index (χ4v) is 2.96. The molecule has 21 heavy (non-hydrogen) atoms. The molecule has 0 saturated carbocycles. The van der Waals surface area contributed by atoms with Crippen LogP contribution in [-0.2, 0) is 7.05 Å². The van der Waals surface area contributed by atoms with Crippen molar-refractivity contribution in [1.82, 2.24) is 4.57 Å². The Balaban J connectivity index is 2.36. The Labute approximate surface area is 120 Å². The zero-order valence-corrected chi connectivity index (χ0v) is 11.5. The molecule has 1 heterocycles. The quantitative estimate of drug-likeness (QED) is 0.394. The molecule has 0 unspecified atom stereocenters. The number of benzene rings is 3. The summed E-state index contributed by atoms with van der Waals surface area (Å²) in [6, 6.07) is 15.1. The summed E-state index contributed by atoms with van der Waals surface area (Å²) in [4.78, 5) is 12.3. The van der Waals surface area contributed by atoms with Crippen LogP contribution in [0.25, 0.3) is 32.4 Å². The number of hydrogen-bond donors (Lipinski definition) is 1. The minimum absolute atomic E-state index is 0.0246. The summed E-state index contributed by atoms with van der Waals surface area (Å²) in [6.45, 7) is 0. The maximum absolute atomic E-state index is 12.3. The Morgan fingerprint density at radius 3 is 2.33 bits per heavy atom. The van der Waals surface area contributed by atoms with Gasteiger partial charge in [-0.1, -0.05) is 24.3 Å². The van der Waals surface area contributed by atoms with E-state index in [1.807, 2.05) is 48.0 Å². The average Bonchev–Trinajstić information content (AvgIpc) is 2.49. The van der Waals surface area contributed by atoms with Gasteiger partial charge in [-0.05, 0) is 28.3 Å². The van der Waals surface area contributed by atoms with Crippen molar-refractivity contribution < 1.29 is 5.11 Å². The third kappa shape index (κ3) is 1.64. The number of nitrogens with zero attached hydrogens (tertiary/aromatic N) is 1. The number of aromatic nitrogens is 1. The van der Waals surface area contributed by atoms with Gasteiger partial charge < -0.3 is 9.67 Å². The van der Waals surface area contributed by atoms with E-state index in [1.165, 1.54) is 0 Å². The molecule has 1 N–H and O–H groups in total. The van der Waals surface area contributed by atoms with Gasteiger partial charge >= 0.3 is 0 Å². The second kappa shape index (κ2) is 4.09. The first-order valence-electron chi connectivity index (χ1n) is 6.79. The van der Waals surface area contributed by atoms with E-state index < -0.39 is 0 Å². The Morgan fingerprint density at radius 1 is 0.952 bits per heavy atom. The molecule has 0 atom stereocenters. The third-order valence-electron chi connectivity index (χ3n) is 4.04. The minimum Gasteiger partial charge on any atom is -0.507 e. The lowest BCUT2D eigenvalue weighted by Gasteiger charge is -2.10. The van der Waals surface area contributed by atoms with Crippen molar-refractivity contribution in [3.8, 4) is 5.75 Å². The van der Waals surface area contributed by atoms with E-state index in [0.29, 0.717) is 10.8 Å². The van der Waals surface area contributed by atoms with Crippen molar-refractivity contribution in [3.05, 3.63) is 65.0 Å². The van der Waals surface area contributed by atoms with Crippen molar-refractivity contribution in [2.24, 2.45) is 7.05 Å². The molecule has 0 aliphatic heterocycles. The van der Waals surface area contributed by atoms with Crippen molar-refractivity contribution >= 4 is 32.4 Å². The molecule has 0 aliphatic carbocycles. The van der Waals surface area contributed by atoms with Crippen molar-refractivity contribution in [2.45, 2.75) is 0 Å². The molecule has 0 fully saturated rings. The molecular formula is C18H13NO2. The Hall–Kier alpha value is -2.81. The summed E-state index contributed by atoms with van der Waals surface area (Å²) in [6.07, 6.45) is 1.72. The summed E-state index contributed by atoms with van der Waals surface area (Å²) in [5.74, 6) is 0.199. The van der Waals surface area contributed by atoms with Gasteiger partial charge in [-0.2, -0.15) is 0 Å². The van der Waals surface area contributed by atoms with E-state index in [-0.39, 0.29) is 11.2 Å². The topological polar surface area (TPSA) is 42.2 Å². The molecular weight excluding hydrogens is 262 g/mol. The van der Waals surface area contributed by atoms with E-state index in [1.54, 1.807) is 18.3 Å². The van der Waals surface area contributed by atoms with E-state index in [2.05, 4.69) is 0 Å². The van der Waals surface area contributed by atoms with Crippen LogP contribution in [0, 0.1) is 0 Å². The standard InChI is InChI=1S/C18H13NO2/c1-19-7-6-16(20)18-14-9-12-5-3-2-4-11(12)8-13(14)17(21)10-15(18)19/h2-10,21H,1H3. The predicted molar refractivity (Wildman–Crippen MR) is 85.9 cm³/mol. The van der Waals surface area contributed by atoms with Crippen molar-refractivity contribution in [3.63, 3.8) is 0 Å². The van der Waals surface area contributed by atoms with Gasteiger partial charge in [-0.3, -0.25) is 4.79 Å². The first kappa shape index (κ1) is 12.0. The summed E-state index contributed by atoms with van der Waals surface area (Å²) in [5.41, 5.74) is 0.714. The normalized spacial score (nSPS) is 11.5. The number of fused-ring (bicyclic) bond motifs is 4. The summed E-state index contributed by atoms with van der Waals surface area (Å²) in [5, 5.41) is 14.6. The van der Waals surface area contributed by atoms with Crippen LogP contribution in [-0.4, -0.2) is 9.67 Å². The van der Waals surface area contributed by atoms with Gasteiger partial charge in [0.15, 0.2) is 5.43 Å². The van der Waals surface area contributed by atoms with Gasteiger partial charge in [0.1, 0.15) is 5.75 Å². The molecule has 0 bridgehead atoms. The molecule has 0 amide bonds. The van der Waals surface area contributed by atoms with Gasteiger partial charge in [0.2, 0.25) is 0 Å². The number of phenols is 1. The number of aryl methyl sites for hydroxylation is 1. The summed E-state index contributed by atoms with van der Waals surface area (Å²) in [7, 11) is 1.87. The second-order valence-corrected chi connectivity index (χ2v) is 5.33. The van der Waals surface area contributed by atoms with Crippen LogP contribution in [0.3, 0.4) is 0 Å². The van der Waals surface area contributed by atoms with E-state index in [4.69, 9.17) is 0 Å². The molecule has 3 aromatic carbocycles. The van der Waals surface area contributed by atoms with Crippen LogP contribution in [0.15, 0.2) is 59.5 Å². The smallest absolute Gasteiger partial charge is 0.190 e. The first-order valence-corrected chi connectivity index (χ1v) is 6.79. The van der Waals surface area contributed by atoms with Gasteiger partial charge in [0.25, 0.3) is 0 Å². The zero-order valence-electron chi connectivity index (χ0n) is 11.5. The molecule has 3 heteroatoms. The fourth-order valence-electron chi connectivity index (χ4n) is 2.96. The number of rotatable bonds is 0. The van der Waals surface area contributed by atoms with E-state index in [0.717, 1.165) is 21.7 Å². The maximum atomic E-state index is 12.3. The van der Waals surface area contributed by atoms with Crippen LogP contribution in [0.5, 0.6) is 5.75 Å². The lowest BCUT2D eigenvalue weighted by Crippen LogP contribution is -2.05. The van der Waals surface area contributed by atoms with Crippen molar-refractivity contribution in [2.75, 3.05) is 0 Å². The molecule has 0 saturated heterocycles. The lowest BCUT2D eigenvalue weighted by atomic mass is 9.99. The molecule has 3 nitrogen and oxygen atoms in total. The van der Waals surface area contributed by atoms with Crippen LogP contribution < -0.4 is 5.43 Å². The van der Waals surface area contributed by atoms with Crippen LogP contribution in [0.2, 0.25) is 0 Å². The number of hydrogen-bond acceptors (Lipinski definition) is 2.